The van der Waals surface area contributed by atoms with Crippen LogP contribution < -0.4 is 7.58 Å². The van der Waals surface area contributed by atoms with Gasteiger partial charge in [0, 0.05) is 34.5 Å². The van der Waals surface area contributed by atoms with Gasteiger partial charge in [0.15, 0.2) is 0 Å². The van der Waals surface area contributed by atoms with Gasteiger partial charge >= 0.3 is 31.8 Å². The molecule has 4 rings (SSSR count). The third-order valence-electron chi connectivity index (χ3n) is 4.27. The van der Waals surface area contributed by atoms with Gasteiger partial charge in [-0.3, -0.25) is 0 Å². The van der Waals surface area contributed by atoms with Crippen molar-refractivity contribution in [2.24, 2.45) is 0 Å². The Kier molecular flexibility index (Phi) is 3.58. The Labute approximate surface area is 196 Å². The van der Waals surface area contributed by atoms with Crippen LogP contribution in [-0.2, 0) is 2.84 Å². The zero-order chi connectivity index (χ0) is 27.9. The Morgan fingerprint density at radius 1 is 0.759 bits per heavy atom. The molecular weight excluding hydrogens is 394 g/mol. The summed E-state index contributed by atoms with van der Waals surface area (Å²) in [6, 6.07) is 12.6. The van der Waals surface area contributed by atoms with Crippen molar-refractivity contribution < 1.29 is 22.8 Å². The predicted octanol–water partition coefficient (Wildman–Crippen LogP) is 4.56. The molecule has 0 N–H and O–H groups in total. The number of aryl methyl sites for hydroxylation is 4. The molecule has 0 fully saturated rings. The SMILES string of the molecule is [2H]C([2H])([2H])c1cc(C)c2cccc([O][Al][O][Al][O]c3cccc4c(C([2H])([2H])[2H])cc(C([2H])([2H])[2H])nc34)c2n1. The highest BCUT2D eigenvalue weighted by molar-refractivity contribution is 6.35. The summed E-state index contributed by atoms with van der Waals surface area (Å²) in [6.45, 7) is -5.71. The fourth-order valence-electron chi connectivity index (χ4n) is 2.99. The van der Waals surface area contributed by atoms with Gasteiger partial charge in [0.1, 0.15) is 22.5 Å². The van der Waals surface area contributed by atoms with Crippen molar-refractivity contribution in [3.05, 3.63) is 71.0 Å². The Morgan fingerprint density at radius 2 is 1.31 bits per heavy atom. The van der Waals surface area contributed by atoms with Gasteiger partial charge in [0.05, 0.1) is 0 Å². The zero-order valence-electron chi connectivity index (χ0n) is 24.4. The van der Waals surface area contributed by atoms with E-state index in [1.165, 1.54) is 6.07 Å². The minimum Gasteiger partial charge on any atom is -0.626 e. The minimum absolute atomic E-state index is 0.0280. The second-order valence-corrected chi connectivity index (χ2v) is 8.19. The number of pyridine rings is 2. The van der Waals surface area contributed by atoms with Crippen LogP contribution in [0.2, 0.25) is 0 Å². The lowest BCUT2D eigenvalue weighted by atomic mass is 10.1. The zero-order valence-corrected chi connectivity index (χ0v) is 17.7. The number of fused-ring (bicyclic) bond motifs is 2. The molecule has 4 aromatic rings. The molecule has 0 amide bonds. The molecule has 2 aromatic carbocycles. The molecule has 2 radical (unpaired) electrons. The highest BCUT2D eigenvalue weighted by atomic mass is 27.3. The molecule has 0 saturated heterocycles. The third-order valence-corrected chi connectivity index (χ3v) is 5.86. The molecule has 142 valence electrons. The maximum absolute atomic E-state index is 7.83. The van der Waals surface area contributed by atoms with Gasteiger partial charge in [-0.1, -0.05) is 24.3 Å². The van der Waals surface area contributed by atoms with Gasteiger partial charge in [-0.15, -0.1) is 0 Å². The van der Waals surface area contributed by atoms with Crippen molar-refractivity contribution >= 4 is 53.6 Å². The van der Waals surface area contributed by atoms with Crippen molar-refractivity contribution in [1.29, 1.82) is 0 Å². The van der Waals surface area contributed by atoms with Crippen LogP contribution in [-0.4, -0.2) is 41.7 Å². The van der Waals surface area contributed by atoms with E-state index in [2.05, 4.69) is 9.97 Å². The first-order valence-corrected chi connectivity index (χ1v) is 10.5. The monoisotopic (exact) mass is 423 g/mol. The molecule has 0 aliphatic carbocycles. The van der Waals surface area contributed by atoms with Crippen LogP contribution in [0.3, 0.4) is 0 Å². The van der Waals surface area contributed by atoms with Gasteiger partial charge < -0.3 is 10.4 Å². The Morgan fingerprint density at radius 3 is 1.86 bits per heavy atom. The summed E-state index contributed by atoms with van der Waals surface area (Å²) in [4.78, 5) is 8.47. The van der Waals surface area contributed by atoms with E-state index in [9.17, 15) is 0 Å². The molecule has 2 heterocycles. The standard InChI is InChI=1S/2C11H11NO.2Al.O/c2*1-7-6-8(2)12-11-9(7)4-3-5-10(11)13;;;/h2*3-6,13H,1-2H3;;;/q;;2*+1;/p-2/i1D3,2D3;2D3;;;. The summed E-state index contributed by atoms with van der Waals surface area (Å²) >= 11 is -2.20. The average Bonchev–Trinajstić information content (AvgIpc) is 2.81. The molecule has 2 aromatic heterocycles. The Balaban J connectivity index is 1.52. The second kappa shape index (κ2) is 8.72. The first-order chi connectivity index (χ1) is 17.7. The van der Waals surface area contributed by atoms with Gasteiger partial charge in [-0.2, -0.15) is 0 Å². The predicted molar refractivity (Wildman–Crippen MR) is 116 cm³/mol. The first-order valence-electron chi connectivity index (χ1n) is 13.1. The largest absolute Gasteiger partial charge is 0.743 e. The van der Waals surface area contributed by atoms with Crippen LogP contribution in [0.4, 0.5) is 0 Å². The summed E-state index contributed by atoms with van der Waals surface area (Å²) in [7, 11) is 0. The molecule has 0 aliphatic heterocycles. The van der Waals surface area contributed by atoms with Gasteiger partial charge in [0.2, 0.25) is 0 Å². The lowest BCUT2D eigenvalue weighted by Gasteiger charge is -2.13. The normalized spacial score (nSPS) is 16.8. The van der Waals surface area contributed by atoms with E-state index >= 15 is 0 Å². The molecule has 0 atom stereocenters. The number of nitrogens with zero attached hydrogens (tertiary/aromatic N) is 2. The third kappa shape index (κ3) is 4.41. The van der Waals surface area contributed by atoms with E-state index < -0.39 is 52.3 Å². The van der Waals surface area contributed by atoms with E-state index in [1.54, 1.807) is 37.3 Å². The topological polar surface area (TPSA) is 53.5 Å². The lowest BCUT2D eigenvalue weighted by molar-refractivity contribution is 0.420. The van der Waals surface area contributed by atoms with Gasteiger partial charge in [-0.25, -0.2) is 9.97 Å². The van der Waals surface area contributed by atoms with Gasteiger partial charge in [-0.05, 0) is 62.9 Å². The van der Waals surface area contributed by atoms with Crippen LogP contribution in [0.25, 0.3) is 21.8 Å². The molecule has 29 heavy (non-hydrogen) atoms. The number of hydrogen-bond donors (Lipinski definition) is 0. The molecule has 0 aliphatic rings. The van der Waals surface area contributed by atoms with Crippen LogP contribution in [0.5, 0.6) is 11.5 Å². The van der Waals surface area contributed by atoms with E-state index in [0.29, 0.717) is 11.3 Å². The van der Waals surface area contributed by atoms with E-state index in [4.69, 9.17) is 22.8 Å². The first kappa shape index (κ1) is 11.9. The van der Waals surface area contributed by atoms with Crippen molar-refractivity contribution in [2.45, 2.75) is 27.5 Å². The molecule has 0 unspecified atom stereocenters. The van der Waals surface area contributed by atoms with Crippen molar-refractivity contribution in [3.63, 3.8) is 0 Å². The number of rotatable bonds is 6. The summed E-state index contributed by atoms with van der Waals surface area (Å²) < 4.78 is 86.7. The second-order valence-electron chi connectivity index (χ2n) is 6.25. The smallest absolute Gasteiger partial charge is 0.626 e. The number of aromatic nitrogens is 2. The number of hydrogen-bond acceptors (Lipinski definition) is 5. The van der Waals surface area contributed by atoms with E-state index in [-0.39, 0.29) is 33.6 Å². The van der Waals surface area contributed by atoms with Crippen molar-refractivity contribution in [1.82, 2.24) is 9.97 Å². The van der Waals surface area contributed by atoms with E-state index in [1.807, 2.05) is 6.07 Å². The maximum atomic E-state index is 7.83. The van der Waals surface area contributed by atoms with E-state index in [0.717, 1.165) is 17.0 Å². The van der Waals surface area contributed by atoms with Gasteiger partial charge in [0.25, 0.3) is 0 Å². The van der Waals surface area contributed by atoms with Crippen molar-refractivity contribution in [3.8, 4) is 11.5 Å². The number of benzene rings is 2. The lowest BCUT2D eigenvalue weighted by Crippen LogP contribution is -2.16. The summed E-state index contributed by atoms with van der Waals surface area (Å²) in [5.74, 6) is 0.570. The molecule has 0 saturated carbocycles. The highest BCUT2D eigenvalue weighted by Crippen LogP contribution is 2.27. The molecule has 7 heteroatoms. The van der Waals surface area contributed by atoms with Crippen molar-refractivity contribution in [2.75, 3.05) is 0 Å². The highest BCUT2D eigenvalue weighted by Gasteiger charge is 2.13. The summed E-state index contributed by atoms with van der Waals surface area (Å²) in [5, 5.41) is 1.02. The molecule has 0 bridgehead atoms. The summed E-state index contributed by atoms with van der Waals surface area (Å²) in [5.41, 5.74) is 0.794. The van der Waals surface area contributed by atoms with Crippen LogP contribution in [0, 0.1) is 27.5 Å². The molecule has 5 nitrogen and oxygen atoms in total. The van der Waals surface area contributed by atoms with Crippen LogP contribution in [0.15, 0.2) is 48.5 Å². The number of para-hydroxylation sites is 2. The van der Waals surface area contributed by atoms with Crippen LogP contribution in [0.1, 0.15) is 34.9 Å². The minimum atomic E-state index is -2.60. The Bertz CT molecular complexity index is 1490. The Hall–Kier alpha value is -2.12. The quantitative estimate of drug-likeness (QED) is 0.336. The molecular formula is C22H20Al2N2O3. The summed E-state index contributed by atoms with van der Waals surface area (Å²) in [6.07, 6.45) is 0. The maximum Gasteiger partial charge on any atom is 0.743 e. The molecule has 0 spiro atoms. The fraction of sp³-hybridized carbons (Fsp3) is 0.182. The van der Waals surface area contributed by atoms with Crippen LogP contribution >= 0.6 is 0 Å². The average molecular weight is 423 g/mol. The fourth-order valence-corrected chi connectivity index (χ4v) is 4.20.